The number of rotatable bonds is 4. The molecule has 0 aliphatic heterocycles. The first-order valence-electron chi connectivity index (χ1n) is 13.5. The monoisotopic (exact) mass is 531 g/mol. The van der Waals surface area contributed by atoms with Crippen LogP contribution in [0.3, 0.4) is 0 Å². The first-order chi connectivity index (χ1) is 19.7. The molecule has 8 aromatic rings. The number of para-hydroxylation sites is 2. The predicted molar refractivity (Wildman–Crippen MR) is 172 cm³/mol. The van der Waals surface area contributed by atoms with Crippen LogP contribution in [-0.4, -0.2) is 7.05 Å². The zero-order chi connectivity index (χ0) is 26.6. The molecule has 0 bridgehead atoms. The highest BCUT2D eigenvalue weighted by Gasteiger charge is 2.13. The molecule has 0 unspecified atom stereocenters. The first kappa shape index (κ1) is 23.1. The lowest BCUT2D eigenvalue weighted by Crippen LogP contribution is -2.08. The highest BCUT2D eigenvalue weighted by atomic mass is 32.1. The van der Waals surface area contributed by atoms with E-state index >= 15 is 0 Å². The maximum absolute atomic E-state index is 6.27. The standard InChI is InChI=1S/C37H25NOS/c1-38(26-20-16-24(17-21-26)28-10-6-12-32-30-8-2-4-14-34(30)39-36(28)32)27-22-18-25(19-23-27)29-11-7-13-33-31-9-3-5-15-35(31)40-37(29)33/h2-23H,1H3. The van der Waals surface area contributed by atoms with E-state index < -0.39 is 0 Å². The molecule has 0 aliphatic carbocycles. The number of fused-ring (bicyclic) bond motifs is 6. The summed E-state index contributed by atoms with van der Waals surface area (Å²) in [6.45, 7) is 0. The van der Waals surface area contributed by atoms with Gasteiger partial charge in [0.25, 0.3) is 0 Å². The summed E-state index contributed by atoms with van der Waals surface area (Å²) in [4.78, 5) is 2.23. The Labute approximate surface area is 236 Å². The van der Waals surface area contributed by atoms with E-state index in [2.05, 4.69) is 133 Å². The summed E-state index contributed by atoms with van der Waals surface area (Å²) in [5, 5.41) is 4.97. The van der Waals surface area contributed by atoms with E-state index in [1.165, 1.54) is 31.3 Å². The third-order valence-electron chi connectivity index (χ3n) is 7.94. The van der Waals surface area contributed by atoms with E-state index in [-0.39, 0.29) is 0 Å². The van der Waals surface area contributed by atoms with Crippen LogP contribution in [0.4, 0.5) is 11.4 Å². The molecule has 2 aromatic heterocycles. The second-order valence-corrected chi connectivity index (χ2v) is 11.3. The van der Waals surface area contributed by atoms with Crippen LogP contribution in [0.1, 0.15) is 0 Å². The van der Waals surface area contributed by atoms with Crippen molar-refractivity contribution in [3.05, 3.63) is 133 Å². The third-order valence-corrected chi connectivity index (χ3v) is 9.16. The molecule has 0 N–H and O–H groups in total. The van der Waals surface area contributed by atoms with Gasteiger partial charge in [-0.3, -0.25) is 0 Å². The average Bonchev–Trinajstić information content (AvgIpc) is 3.59. The molecule has 0 saturated carbocycles. The van der Waals surface area contributed by atoms with Crippen molar-refractivity contribution >= 4 is 64.8 Å². The zero-order valence-electron chi connectivity index (χ0n) is 22.0. The van der Waals surface area contributed by atoms with Crippen LogP contribution in [0.2, 0.25) is 0 Å². The minimum absolute atomic E-state index is 0.924. The fraction of sp³-hybridized carbons (Fsp3) is 0.0270. The van der Waals surface area contributed by atoms with Crippen molar-refractivity contribution in [1.29, 1.82) is 0 Å². The minimum atomic E-state index is 0.924. The molecule has 0 radical (unpaired) electrons. The van der Waals surface area contributed by atoms with Crippen LogP contribution in [0, 0.1) is 0 Å². The van der Waals surface area contributed by atoms with Gasteiger partial charge in [0.05, 0.1) is 0 Å². The van der Waals surface area contributed by atoms with Crippen LogP contribution in [0.5, 0.6) is 0 Å². The molecule has 0 amide bonds. The molecule has 0 saturated heterocycles. The lowest BCUT2D eigenvalue weighted by Gasteiger charge is -2.20. The second-order valence-electron chi connectivity index (χ2n) is 10.2. The van der Waals surface area contributed by atoms with Crippen molar-refractivity contribution in [2.45, 2.75) is 0 Å². The first-order valence-corrected chi connectivity index (χ1v) is 14.3. The fourth-order valence-electron chi connectivity index (χ4n) is 5.83. The SMILES string of the molecule is CN(c1ccc(-c2cccc3c2oc2ccccc23)cc1)c1ccc(-c2cccc3c2sc2ccccc23)cc1. The van der Waals surface area contributed by atoms with Gasteiger partial charge in [-0.15, -0.1) is 11.3 Å². The normalized spacial score (nSPS) is 11.6. The Morgan fingerprint density at radius 2 is 1.07 bits per heavy atom. The molecule has 40 heavy (non-hydrogen) atoms. The van der Waals surface area contributed by atoms with E-state index in [0.717, 1.165) is 44.4 Å². The molecule has 0 fully saturated rings. The van der Waals surface area contributed by atoms with E-state index in [9.17, 15) is 0 Å². The number of nitrogens with zero attached hydrogens (tertiary/aromatic N) is 1. The molecule has 3 heteroatoms. The van der Waals surface area contributed by atoms with E-state index in [4.69, 9.17) is 4.42 Å². The molecule has 0 spiro atoms. The Morgan fingerprint density at radius 1 is 0.500 bits per heavy atom. The number of thiophene rings is 1. The molecule has 2 nitrogen and oxygen atoms in total. The smallest absolute Gasteiger partial charge is 0.143 e. The topological polar surface area (TPSA) is 16.4 Å². The van der Waals surface area contributed by atoms with Gasteiger partial charge in [-0.1, -0.05) is 97.1 Å². The van der Waals surface area contributed by atoms with Crippen molar-refractivity contribution in [3.8, 4) is 22.3 Å². The number of furan rings is 1. The highest BCUT2D eigenvalue weighted by Crippen LogP contribution is 2.41. The largest absolute Gasteiger partial charge is 0.455 e. The van der Waals surface area contributed by atoms with E-state index in [0.29, 0.717) is 0 Å². The quantitative estimate of drug-likeness (QED) is 0.225. The van der Waals surface area contributed by atoms with Crippen molar-refractivity contribution in [2.75, 3.05) is 11.9 Å². The number of anilines is 2. The lowest BCUT2D eigenvalue weighted by atomic mass is 10.0. The van der Waals surface area contributed by atoms with Gasteiger partial charge in [0.15, 0.2) is 0 Å². The van der Waals surface area contributed by atoms with E-state index in [1.807, 2.05) is 23.5 Å². The summed E-state index contributed by atoms with van der Waals surface area (Å²) in [6.07, 6.45) is 0. The molecule has 0 atom stereocenters. The fourth-order valence-corrected chi connectivity index (χ4v) is 7.07. The summed E-state index contributed by atoms with van der Waals surface area (Å²) >= 11 is 1.87. The highest BCUT2D eigenvalue weighted by molar-refractivity contribution is 7.26. The average molecular weight is 532 g/mol. The van der Waals surface area contributed by atoms with E-state index in [1.54, 1.807) is 0 Å². The maximum atomic E-state index is 6.27. The molecular formula is C37H25NOS. The van der Waals surface area contributed by atoms with Crippen molar-refractivity contribution in [2.24, 2.45) is 0 Å². The molecule has 190 valence electrons. The van der Waals surface area contributed by atoms with Gasteiger partial charge < -0.3 is 9.32 Å². The van der Waals surface area contributed by atoms with Crippen LogP contribution in [0.25, 0.3) is 64.4 Å². The summed E-state index contributed by atoms with van der Waals surface area (Å²) in [5.41, 5.74) is 8.94. The maximum Gasteiger partial charge on any atom is 0.143 e. The van der Waals surface area contributed by atoms with Crippen LogP contribution >= 0.6 is 11.3 Å². The number of hydrogen-bond donors (Lipinski definition) is 0. The minimum Gasteiger partial charge on any atom is -0.455 e. The Bertz CT molecular complexity index is 2010. The summed E-state index contributed by atoms with van der Waals surface area (Å²) in [5.74, 6) is 0. The number of hydrogen-bond acceptors (Lipinski definition) is 3. The molecule has 2 heterocycles. The molecular weight excluding hydrogens is 506 g/mol. The van der Waals surface area contributed by atoms with Crippen molar-refractivity contribution in [3.63, 3.8) is 0 Å². The molecule has 0 aliphatic rings. The van der Waals surface area contributed by atoms with Crippen molar-refractivity contribution < 1.29 is 4.42 Å². The Hall–Kier alpha value is -4.86. The summed E-state index contributed by atoms with van der Waals surface area (Å²) in [7, 11) is 2.12. The van der Waals surface area contributed by atoms with Crippen LogP contribution in [-0.2, 0) is 0 Å². The predicted octanol–water partition coefficient (Wildman–Crippen LogP) is 11.1. The third kappa shape index (κ3) is 3.63. The van der Waals surface area contributed by atoms with Gasteiger partial charge in [-0.05, 0) is 53.1 Å². The zero-order valence-corrected chi connectivity index (χ0v) is 22.8. The van der Waals surface area contributed by atoms with Gasteiger partial charge in [-0.2, -0.15) is 0 Å². The number of benzene rings is 6. The van der Waals surface area contributed by atoms with Gasteiger partial charge in [0, 0.05) is 54.9 Å². The van der Waals surface area contributed by atoms with Crippen LogP contribution < -0.4 is 4.90 Å². The Balaban J connectivity index is 1.10. The van der Waals surface area contributed by atoms with Crippen LogP contribution in [0.15, 0.2) is 138 Å². The van der Waals surface area contributed by atoms with Gasteiger partial charge in [-0.25, -0.2) is 0 Å². The second kappa shape index (κ2) is 9.11. The lowest BCUT2D eigenvalue weighted by molar-refractivity contribution is 0.670. The Morgan fingerprint density at radius 3 is 1.82 bits per heavy atom. The van der Waals surface area contributed by atoms with Gasteiger partial charge in [0.1, 0.15) is 11.2 Å². The van der Waals surface area contributed by atoms with Gasteiger partial charge >= 0.3 is 0 Å². The van der Waals surface area contributed by atoms with Crippen molar-refractivity contribution in [1.82, 2.24) is 0 Å². The molecule has 6 aromatic carbocycles. The summed E-state index contributed by atoms with van der Waals surface area (Å²) < 4.78 is 8.95. The Kier molecular flexibility index (Phi) is 5.26. The molecule has 8 rings (SSSR count). The summed E-state index contributed by atoms with van der Waals surface area (Å²) in [6, 6.07) is 47.6. The van der Waals surface area contributed by atoms with Gasteiger partial charge in [0.2, 0.25) is 0 Å².